The van der Waals surface area contributed by atoms with E-state index in [4.69, 9.17) is 0 Å². The molecule has 0 radical (unpaired) electrons. The zero-order valence-corrected chi connectivity index (χ0v) is 13.9. The van der Waals surface area contributed by atoms with Gasteiger partial charge < -0.3 is 9.80 Å². The Kier molecular flexibility index (Phi) is 5.02. The Hall–Kier alpha value is -1.67. The molecule has 1 aliphatic heterocycles. The zero-order chi connectivity index (χ0) is 16.3. The van der Waals surface area contributed by atoms with E-state index in [1.54, 1.807) is 24.0 Å². The number of nitrogens with one attached hydrogen (secondary N) is 1. The van der Waals surface area contributed by atoms with Crippen molar-refractivity contribution in [1.29, 1.82) is 0 Å². The van der Waals surface area contributed by atoms with Gasteiger partial charge in [-0.3, -0.25) is 4.79 Å². The maximum absolute atomic E-state index is 11.7. The van der Waals surface area contributed by atoms with E-state index in [-0.39, 0.29) is 16.8 Å². The minimum absolute atomic E-state index is 0.0817. The highest BCUT2D eigenvalue weighted by Gasteiger charge is 2.24. The van der Waals surface area contributed by atoms with Crippen LogP contribution >= 0.6 is 0 Å². The molecule has 2 heterocycles. The average Bonchev–Trinajstić information content (AvgIpc) is 2.54. The van der Waals surface area contributed by atoms with Gasteiger partial charge in [-0.2, -0.15) is 0 Å². The van der Waals surface area contributed by atoms with Gasteiger partial charge in [0, 0.05) is 39.3 Å². The predicted molar refractivity (Wildman–Crippen MR) is 84.2 cm³/mol. The van der Waals surface area contributed by atoms with Crippen molar-refractivity contribution in [2.75, 3.05) is 32.1 Å². The Labute approximate surface area is 131 Å². The molecular weight excluding hydrogens is 304 g/mol. The fraction of sp³-hybridized carbons (Fsp3) is 0.571. The first kappa shape index (κ1) is 16.7. The van der Waals surface area contributed by atoms with Crippen LogP contribution in [0.2, 0.25) is 0 Å². The van der Waals surface area contributed by atoms with Crippen LogP contribution in [0.15, 0.2) is 23.2 Å². The number of anilines is 1. The molecule has 0 aromatic carbocycles. The number of amides is 1. The molecule has 22 heavy (non-hydrogen) atoms. The van der Waals surface area contributed by atoms with E-state index in [0.29, 0.717) is 0 Å². The second-order valence-electron chi connectivity index (χ2n) is 5.41. The predicted octanol–water partition coefficient (Wildman–Crippen LogP) is 0.437. The standard InChI is InChI=1S/C14H22N4O3S/c1-11(19)17(3)12-6-8-18(9-7-12)14-5-4-13(10-16-14)22(20,21)15-2/h4-5,10,12,15H,6-9H2,1-3H3. The number of carbonyl (C=O) groups is 1. The minimum Gasteiger partial charge on any atom is -0.356 e. The largest absolute Gasteiger partial charge is 0.356 e. The quantitative estimate of drug-likeness (QED) is 0.868. The average molecular weight is 326 g/mol. The summed E-state index contributed by atoms with van der Waals surface area (Å²) in [5, 5.41) is 0. The maximum Gasteiger partial charge on any atom is 0.241 e. The van der Waals surface area contributed by atoms with Gasteiger partial charge in [-0.25, -0.2) is 18.1 Å². The normalized spacial score (nSPS) is 16.6. The van der Waals surface area contributed by atoms with Crippen molar-refractivity contribution in [1.82, 2.24) is 14.6 Å². The van der Waals surface area contributed by atoms with Crippen molar-refractivity contribution in [3.8, 4) is 0 Å². The number of pyridine rings is 1. The van der Waals surface area contributed by atoms with E-state index < -0.39 is 10.0 Å². The van der Waals surface area contributed by atoms with Crippen molar-refractivity contribution in [2.45, 2.75) is 30.7 Å². The number of nitrogens with zero attached hydrogens (tertiary/aromatic N) is 3. The number of hydrogen-bond donors (Lipinski definition) is 1. The molecule has 0 saturated carbocycles. The minimum atomic E-state index is -3.45. The molecule has 1 saturated heterocycles. The summed E-state index contributed by atoms with van der Waals surface area (Å²) in [6.07, 6.45) is 3.14. The Morgan fingerprint density at radius 3 is 2.45 bits per heavy atom. The van der Waals surface area contributed by atoms with Crippen LogP contribution in [0, 0.1) is 0 Å². The molecule has 1 aliphatic rings. The van der Waals surface area contributed by atoms with E-state index in [1.807, 2.05) is 7.05 Å². The number of rotatable bonds is 4. The Morgan fingerprint density at radius 2 is 2.00 bits per heavy atom. The molecule has 1 amide bonds. The number of carbonyl (C=O) groups excluding carboxylic acids is 1. The van der Waals surface area contributed by atoms with Crippen LogP contribution in [-0.2, 0) is 14.8 Å². The fourth-order valence-corrected chi connectivity index (χ4v) is 3.25. The summed E-state index contributed by atoms with van der Waals surface area (Å²) in [4.78, 5) is 19.7. The van der Waals surface area contributed by atoms with E-state index in [2.05, 4.69) is 14.6 Å². The van der Waals surface area contributed by atoms with Crippen LogP contribution in [0.3, 0.4) is 0 Å². The van der Waals surface area contributed by atoms with Crippen LogP contribution in [-0.4, -0.2) is 57.4 Å². The maximum atomic E-state index is 11.7. The van der Waals surface area contributed by atoms with Crippen molar-refractivity contribution < 1.29 is 13.2 Å². The Morgan fingerprint density at radius 1 is 1.36 bits per heavy atom. The SMILES string of the molecule is CNS(=O)(=O)c1ccc(N2CCC(N(C)C(C)=O)CC2)nc1. The van der Waals surface area contributed by atoms with Crippen LogP contribution in [0.5, 0.6) is 0 Å². The summed E-state index contributed by atoms with van der Waals surface area (Å²) in [7, 11) is -0.244. The van der Waals surface area contributed by atoms with Crippen LogP contribution in [0.1, 0.15) is 19.8 Å². The van der Waals surface area contributed by atoms with Gasteiger partial charge in [0.1, 0.15) is 10.7 Å². The molecular formula is C14H22N4O3S. The molecule has 0 aliphatic carbocycles. The first-order chi connectivity index (χ1) is 10.3. The smallest absolute Gasteiger partial charge is 0.241 e. The van der Waals surface area contributed by atoms with Crippen molar-refractivity contribution >= 4 is 21.7 Å². The van der Waals surface area contributed by atoms with Gasteiger partial charge in [0.25, 0.3) is 0 Å². The summed E-state index contributed by atoms with van der Waals surface area (Å²) in [6, 6.07) is 3.54. The number of piperidine rings is 1. The molecule has 122 valence electrons. The summed E-state index contributed by atoms with van der Waals surface area (Å²) < 4.78 is 25.6. The van der Waals surface area contributed by atoms with Gasteiger partial charge >= 0.3 is 0 Å². The van der Waals surface area contributed by atoms with Gasteiger partial charge in [-0.1, -0.05) is 0 Å². The van der Waals surface area contributed by atoms with Crippen LogP contribution < -0.4 is 9.62 Å². The van der Waals surface area contributed by atoms with Gasteiger partial charge in [0.2, 0.25) is 15.9 Å². The van der Waals surface area contributed by atoms with Crippen molar-refractivity contribution in [2.24, 2.45) is 0 Å². The molecule has 1 aromatic heterocycles. The third-order valence-electron chi connectivity index (χ3n) is 4.13. The number of hydrogen-bond acceptors (Lipinski definition) is 5. The van der Waals surface area contributed by atoms with Gasteiger partial charge in [0.05, 0.1) is 0 Å². The van der Waals surface area contributed by atoms with E-state index in [9.17, 15) is 13.2 Å². The third-order valence-corrected chi connectivity index (χ3v) is 5.53. The lowest BCUT2D eigenvalue weighted by atomic mass is 10.0. The molecule has 0 unspecified atom stereocenters. The first-order valence-corrected chi connectivity index (χ1v) is 8.71. The molecule has 1 aromatic rings. The molecule has 0 atom stereocenters. The highest BCUT2D eigenvalue weighted by Crippen LogP contribution is 2.21. The second-order valence-corrected chi connectivity index (χ2v) is 7.29. The highest BCUT2D eigenvalue weighted by molar-refractivity contribution is 7.89. The topological polar surface area (TPSA) is 82.6 Å². The van der Waals surface area contributed by atoms with Gasteiger partial charge in [0.15, 0.2) is 0 Å². The fourth-order valence-electron chi connectivity index (χ4n) is 2.58. The molecule has 7 nitrogen and oxygen atoms in total. The summed E-state index contributed by atoms with van der Waals surface area (Å²) in [5.41, 5.74) is 0. The Balaban J connectivity index is 2.02. The first-order valence-electron chi connectivity index (χ1n) is 7.23. The van der Waals surface area contributed by atoms with Crippen LogP contribution in [0.25, 0.3) is 0 Å². The molecule has 1 N–H and O–H groups in total. The monoisotopic (exact) mass is 326 g/mol. The van der Waals surface area contributed by atoms with Crippen LogP contribution in [0.4, 0.5) is 5.82 Å². The second kappa shape index (κ2) is 6.62. The number of sulfonamides is 1. The molecule has 8 heteroatoms. The zero-order valence-electron chi connectivity index (χ0n) is 13.1. The molecule has 2 rings (SSSR count). The summed E-state index contributed by atoms with van der Waals surface area (Å²) in [6.45, 7) is 3.18. The molecule has 0 bridgehead atoms. The highest BCUT2D eigenvalue weighted by atomic mass is 32.2. The molecule has 0 spiro atoms. The lowest BCUT2D eigenvalue weighted by Gasteiger charge is -2.37. The summed E-state index contributed by atoms with van der Waals surface area (Å²) in [5.74, 6) is 0.845. The third kappa shape index (κ3) is 3.56. The van der Waals surface area contributed by atoms with Crippen molar-refractivity contribution in [3.63, 3.8) is 0 Å². The van der Waals surface area contributed by atoms with Gasteiger partial charge in [-0.15, -0.1) is 0 Å². The van der Waals surface area contributed by atoms with E-state index in [1.165, 1.54) is 13.2 Å². The lowest BCUT2D eigenvalue weighted by molar-refractivity contribution is -0.129. The van der Waals surface area contributed by atoms with Crippen molar-refractivity contribution in [3.05, 3.63) is 18.3 Å². The molecule has 1 fully saturated rings. The van der Waals surface area contributed by atoms with E-state index in [0.717, 1.165) is 31.7 Å². The lowest BCUT2D eigenvalue weighted by Crippen LogP contribution is -2.45. The number of aromatic nitrogens is 1. The Bertz CT molecular complexity index is 622. The van der Waals surface area contributed by atoms with E-state index >= 15 is 0 Å². The van der Waals surface area contributed by atoms with Gasteiger partial charge in [-0.05, 0) is 32.0 Å². The summed E-state index contributed by atoms with van der Waals surface area (Å²) >= 11 is 0.